The fraction of sp³-hybridized carbons (Fsp3) is 0.788. The van der Waals surface area contributed by atoms with E-state index in [0.717, 1.165) is 25.9 Å². The monoisotopic (exact) mass is 602 g/mol. The summed E-state index contributed by atoms with van der Waals surface area (Å²) in [6.45, 7) is 22.9. The van der Waals surface area contributed by atoms with E-state index in [1.807, 2.05) is 27.7 Å². The number of hydrogen-bond donors (Lipinski definition) is 1. The third-order valence-electron chi connectivity index (χ3n) is 10.7. The van der Waals surface area contributed by atoms with Crippen molar-refractivity contribution in [2.75, 3.05) is 65.6 Å². The molecule has 4 fully saturated rings. The summed E-state index contributed by atoms with van der Waals surface area (Å²) < 4.78 is 12.5. The van der Waals surface area contributed by atoms with Gasteiger partial charge in [0, 0.05) is 45.8 Å². The van der Waals surface area contributed by atoms with E-state index in [9.17, 15) is 19.5 Å². The van der Waals surface area contributed by atoms with Crippen molar-refractivity contribution in [3.63, 3.8) is 0 Å². The Labute approximate surface area is 258 Å². The van der Waals surface area contributed by atoms with Crippen LogP contribution in [0, 0.1) is 23.7 Å². The van der Waals surface area contributed by atoms with Crippen LogP contribution in [0.3, 0.4) is 0 Å². The average Bonchev–Trinajstić information content (AvgIpc) is 3.51. The minimum absolute atomic E-state index is 0.0506. The molecule has 0 aromatic heterocycles. The first-order chi connectivity index (χ1) is 20.6. The Bertz CT molecular complexity index is 1050. The molecule has 4 aliphatic rings. The molecule has 1 spiro atoms. The van der Waals surface area contributed by atoms with Gasteiger partial charge in [0.05, 0.1) is 43.3 Å². The topological polar surface area (TPSA) is 103 Å². The Morgan fingerprint density at radius 3 is 2.30 bits per heavy atom. The largest absolute Gasteiger partial charge is 0.394 e. The van der Waals surface area contributed by atoms with Crippen molar-refractivity contribution in [2.45, 2.75) is 77.2 Å². The number of fused-ring (bicyclic) bond motifs is 1. The van der Waals surface area contributed by atoms with Crippen molar-refractivity contribution < 1.29 is 29.0 Å². The Balaban J connectivity index is 1.78. The van der Waals surface area contributed by atoms with Crippen LogP contribution < -0.4 is 0 Å². The van der Waals surface area contributed by atoms with Gasteiger partial charge in [0.25, 0.3) is 0 Å². The van der Waals surface area contributed by atoms with Crippen LogP contribution in [-0.2, 0) is 23.9 Å². The van der Waals surface area contributed by atoms with E-state index >= 15 is 0 Å². The Kier molecular flexibility index (Phi) is 10.8. The quantitative estimate of drug-likeness (QED) is 0.287. The lowest BCUT2D eigenvalue weighted by molar-refractivity contribution is -0.159. The fourth-order valence-corrected chi connectivity index (χ4v) is 8.12. The number of likely N-dealkylation sites (tertiary alicyclic amines) is 1. The minimum Gasteiger partial charge on any atom is -0.394 e. The summed E-state index contributed by atoms with van der Waals surface area (Å²) in [7, 11) is 0. The number of carbonyl (C=O) groups is 3. The number of aliphatic hydroxyl groups is 1. The van der Waals surface area contributed by atoms with Gasteiger partial charge in [-0.2, -0.15) is 0 Å². The molecule has 10 nitrogen and oxygen atoms in total. The molecule has 4 rings (SSSR count). The van der Waals surface area contributed by atoms with Crippen LogP contribution in [0.1, 0.15) is 53.9 Å². The van der Waals surface area contributed by atoms with Gasteiger partial charge in [0.15, 0.2) is 0 Å². The van der Waals surface area contributed by atoms with Crippen LogP contribution in [0.5, 0.6) is 0 Å². The van der Waals surface area contributed by atoms with Crippen molar-refractivity contribution >= 4 is 17.7 Å². The molecule has 4 saturated heterocycles. The maximum absolute atomic E-state index is 14.8. The van der Waals surface area contributed by atoms with E-state index in [-0.39, 0.29) is 36.2 Å². The highest BCUT2D eigenvalue weighted by Gasteiger charge is 2.80. The molecule has 0 aromatic carbocycles. The van der Waals surface area contributed by atoms with E-state index < -0.39 is 35.1 Å². The molecule has 4 aliphatic heterocycles. The second kappa shape index (κ2) is 13.8. The molecule has 4 heterocycles. The van der Waals surface area contributed by atoms with Crippen LogP contribution in [0.4, 0.5) is 0 Å². The summed E-state index contributed by atoms with van der Waals surface area (Å²) in [4.78, 5) is 51.3. The molecule has 43 heavy (non-hydrogen) atoms. The second-order valence-electron chi connectivity index (χ2n) is 13.2. The van der Waals surface area contributed by atoms with E-state index in [1.54, 1.807) is 26.9 Å². The maximum atomic E-state index is 14.8. The maximum Gasteiger partial charge on any atom is 0.248 e. The van der Waals surface area contributed by atoms with Crippen molar-refractivity contribution in [3.05, 3.63) is 25.3 Å². The predicted molar refractivity (Wildman–Crippen MR) is 165 cm³/mol. The summed E-state index contributed by atoms with van der Waals surface area (Å²) >= 11 is 0. The number of amides is 3. The number of nitrogens with zero attached hydrogens (tertiary/aromatic N) is 4. The molecule has 3 unspecified atom stereocenters. The number of morpholine rings is 1. The van der Waals surface area contributed by atoms with Crippen molar-refractivity contribution in [3.8, 4) is 0 Å². The fourth-order valence-electron chi connectivity index (χ4n) is 8.12. The zero-order chi connectivity index (χ0) is 31.5. The molecular formula is C33H54N4O6. The molecule has 242 valence electrons. The van der Waals surface area contributed by atoms with Crippen LogP contribution in [0.2, 0.25) is 0 Å². The van der Waals surface area contributed by atoms with Gasteiger partial charge in [0.2, 0.25) is 17.7 Å². The first-order valence-electron chi connectivity index (χ1n) is 16.3. The Morgan fingerprint density at radius 2 is 1.74 bits per heavy atom. The van der Waals surface area contributed by atoms with Gasteiger partial charge in [0.1, 0.15) is 11.6 Å². The minimum atomic E-state index is -1.16. The molecule has 0 aromatic rings. The molecule has 0 radical (unpaired) electrons. The molecule has 0 aliphatic carbocycles. The summed E-state index contributed by atoms with van der Waals surface area (Å²) in [6, 6.07) is -1.51. The zero-order valence-corrected chi connectivity index (χ0v) is 27.0. The van der Waals surface area contributed by atoms with Crippen LogP contribution >= 0.6 is 0 Å². The summed E-state index contributed by atoms with van der Waals surface area (Å²) in [5.74, 6) is -2.22. The third-order valence-corrected chi connectivity index (χ3v) is 10.7. The number of aliphatic hydroxyl groups excluding tert-OH is 1. The molecule has 0 saturated carbocycles. The normalized spacial score (nSPS) is 33.3. The van der Waals surface area contributed by atoms with Gasteiger partial charge in [-0.1, -0.05) is 46.3 Å². The van der Waals surface area contributed by atoms with E-state index in [1.165, 1.54) is 0 Å². The summed E-state index contributed by atoms with van der Waals surface area (Å²) in [5, 5.41) is 10.7. The van der Waals surface area contributed by atoms with E-state index in [2.05, 4.69) is 25.0 Å². The molecule has 3 amide bonds. The predicted octanol–water partition coefficient (Wildman–Crippen LogP) is 2.18. The van der Waals surface area contributed by atoms with Gasteiger partial charge in [-0.25, -0.2) is 0 Å². The number of rotatable bonds is 15. The lowest BCUT2D eigenvalue weighted by Gasteiger charge is -2.41. The number of ether oxygens (including phenoxy) is 2. The second-order valence-corrected chi connectivity index (χ2v) is 13.2. The van der Waals surface area contributed by atoms with Crippen LogP contribution in [0.25, 0.3) is 0 Å². The van der Waals surface area contributed by atoms with Crippen molar-refractivity contribution in [1.29, 1.82) is 0 Å². The smallest absolute Gasteiger partial charge is 0.248 e. The zero-order valence-electron chi connectivity index (χ0n) is 27.0. The lowest BCUT2D eigenvalue weighted by Crippen LogP contribution is -2.60. The molecule has 10 heteroatoms. The molecular weight excluding hydrogens is 548 g/mol. The first-order valence-corrected chi connectivity index (χ1v) is 16.3. The first kappa shape index (κ1) is 33.6. The third kappa shape index (κ3) is 5.80. The van der Waals surface area contributed by atoms with Crippen LogP contribution in [0.15, 0.2) is 25.3 Å². The highest BCUT2D eigenvalue weighted by atomic mass is 16.5. The summed E-state index contributed by atoms with van der Waals surface area (Å²) in [5.41, 5.74) is -2.05. The number of carbonyl (C=O) groups excluding carboxylic acids is 3. The molecule has 8 atom stereocenters. The lowest BCUT2D eigenvalue weighted by atomic mass is 9.62. The highest BCUT2D eigenvalue weighted by Crippen LogP contribution is 2.66. The highest BCUT2D eigenvalue weighted by molar-refractivity contribution is 5.99. The van der Waals surface area contributed by atoms with Crippen molar-refractivity contribution in [1.82, 2.24) is 19.6 Å². The average molecular weight is 603 g/mol. The summed E-state index contributed by atoms with van der Waals surface area (Å²) in [6.07, 6.45) is 5.42. The Morgan fingerprint density at radius 1 is 1.12 bits per heavy atom. The van der Waals surface area contributed by atoms with Gasteiger partial charge in [-0.15, -0.1) is 13.2 Å². The van der Waals surface area contributed by atoms with Gasteiger partial charge >= 0.3 is 0 Å². The van der Waals surface area contributed by atoms with Gasteiger partial charge < -0.3 is 29.3 Å². The van der Waals surface area contributed by atoms with Gasteiger partial charge in [-0.3, -0.25) is 19.3 Å². The van der Waals surface area contributed by atoms with Crippen LogP contribution in [-0.4, -0.2) is 131 Å². The Hall–Kier alpha value is -2.27. The van der Waals surface area contributed by atoms with E-state index in [4.69, 9.17) is 9.47 Å². The molecule has 2 bridgehead atoms. The van der Waals surface area contributed by atoms with Gasteiger partial charge in [-0.05, 0) is 31.6 Å². The number of hydrogen-bond acceptors (Lipinski definition) is 7. The van der Waals surface area contributed by atoms with Crippen molar-refractivity contribution in [2.24, 2.45) is 23.7 Å². The molecule has 1 N–H and O–H groups in total. The SMILES string of the molecule is C=CCN(CCN1CCOCC1)C(=O)C1N([C@@H](CO)[C@@H](C)CC)C(=O)[C@@H]2[C@@H](C(=O)N(CC=C)CCC)[C@]3(C)OC12CC3C. The standard InChI is InChI=1S/C33H54N4O6/c1-8-12-35(13-9-2)29(39)26-27-30(40)37(25(22-38)23(5)11-4)28(33(27)21-24(6)32(26,7)43-33)31(41)36(14-10-3)16-15-34-17-19-42-20-18-34/h8,10,23-28,38H,1,3,9,11-22H2,2,4-7H3/t23-,24?,25-,26-,27-,28?,32+,33?/m0/s1. The van der Waals surface area contributed by atoms with E-state index in [0.29, 0.717) is 52.4 Å².